The molecule has 2 aromatic carbocycles. The summed E-state index contributed by atoms with van der Waals surface area (Å²) in [6, 6.07) is 10.1. The summed E-state index contributed by atoms with van der Waals surface area (Å²) in [5, 5.41) is 4.05. The number of hydrogen-bond donors (Lipinski definition) is 0. The number of aromatic nitrogens is 3. The van der Waals surface area contributed by atoms with Crippen molar-refractivity contribution >= 4 is 5.91 Å². The zero-order chi connectivity index (χ0) is 18.0. The van der Waals surface area contributed by atoms with E-state index >= 15 is 0 Å². The maximum Gasteiger partial charge on any atom is 0.257 e. The van der Waals surface area contributed by atoms with Gasteiger partial charge in [0.05, 0.1) is 17.3 Å². The molecule has 0 N–H and O–H groups in total. The number of rotatable bonds is 4. The van der Waals surface area contributed by atoms with Crippen LogP contribution in [0.15, 0.2) is 55.1 Å². The maximum absolute atomic E-state index is 13.8. The van der Waals surface area contributed by atoms with E-state index in [1.54, 1.807) is 18.1 Å². The van der Waals surface area contributed by atoms with Crippen LogP contribution in [0.5, 0.6) is 0 Å². The van der Waals surface area contributed by atoms with E-state index in [1.165, 1.54) is 11.2 Å². The summed E-state index contributed by atoms with van der Waals surface area (Å²) >= 11 is 0. The standard InChI is InChI=1S/C18H16F2N4O/c1-12(13-3-6-15(7-4-13)24-11-21-10-22-24)23(2)18(25)16-8-5-14(19)9-17(16)20/h3-12H,1-2H3/t12-/m0/s1. The van der Waals surface area contributed by atoms with Crippen LogP contribution in [0, 0.1) is 11.6 Å². The molecule has 0 bridgehead atoms. The van der Waals surface area contributed by atoms with Gasteiger partial charge in [0.15, 0.2) is 0 Å². The Labute approximate surface area is 143 Å². The number of nitrogens with zero attached hydrogens (tertiary/aromatic N) is 4. The molecule has 1 heterocycles. The maximum atomic E-state index is 13.8. The lowest BCUT2D eigenvalue weighted by atomic mass is 10.1. The number of halogens is 2. The van der Waals surface area contributed by atoms with E-state index < -0.39 is 17.5 Å². The van der Waals surface area contributed by atoms with Gasteiger partial charge in [-0.1, -0.05) is 12.1 Å². The second-order valence-corrected chi connectivity index (χ2v) is 5.65. The van der Waals surface area contributed by atoms with E-state index in [-0.39, 0.29) is 11.6 Å². The summed E-state index contributed by atoms with van der Waals surface area (Å²) in [6.45, 7) is 1.84. The van der Waals surface area contributed by atoms with Crippen molar-refractivity contribution in [3.05, 3.63) is 77.9 Å². The monoisotopic (exact) mass is 342 g/mol. The number of amides is 1. The Bertz CT molecular complexity index is 879. The minimum atomic E-state index is -0.870. The van der Waals surface area contributed by atoms with Crippen LogP contribution in [0.1, 0.15) is 28.9 Å². The Balaban J connectivity index is 1.79. The van der Waals surface area contributed by atoms with Crippen molar-refractivity contribution in [1.82, 2.24) is 19.7 Å². The average Bonchev–Trinajstić information content (AvgIpc) is 3.15. The normalized spacial score (nSPS) is 12.0. The summed E-state index contributed by atoms with van der Waals surface area (Å²) in [6.07, 6.45) is 3.03. The fraction of sp³-hybridized carbons (Fsp3) is 0.167. The molecule has 3 aromatic rings. The van der Waals surface area contributed by atoms with Gasteiger partial charge in [0.1, 0.15) is 24.3 Å². The lowest BCUT2D eigenvalue weighted by Crippen LogP contribution is -2.30. The molecule has 1 atom stereocenters. The first-order valence-corrected chi connectivity index (χ1v) is 7.64. The number of carbonyl (C=O) groups excluding carboxylic acids is 1. The molecular weight excluding hydrogens is 326 g/mol. The average molecular weight is 342 g/mol. The molecule has 5 nitrogen and oxygen atoms in total. The molecular formula is C18H16F2N4O. The molecule has 1 amide bonds. The predicted molar refractivity (Wildman–Crippen MR) is 88.2 cm³/mol. The quantitative estimate of drug-likeness (QED) is 0.730. The van der Waals surface area contributed by atoms with Crippen LogP contribution >= 0.6 is 0 Å². The molecule has 0 spiro atoms. The van der Waals surface area contributed by atoms with E-state index in [0.717, 1.165) is 23.4 Å². The van der Waals surface area contributed by atoms with Gasteiger partial charge in [-0.15, -0.1) is 0 Å². The van der Waals surface area contributed by atoms with E-state index in [0.29, 0.717) is 6.07 Å². The van der Waals surface area contributed by atoms with Gasteiger partial charge in [-0.2, -0.15) is 5.10 Å². The second-order valence-electron chi connectivity index (χ2n) is 5.65. The highest BCUT2D eigenvalue weighted by Crippen LogP contribution is 2.23. The highest BCUT2D eigenvalue weighted by Gasteiger charge is 2.22. The summed E-state index contributed by atoms with van der Waals surface area (Å²) in [5.41, 5.74) is 1.56. The third-order valence-electron chi connectivity index (χ3n) is 4.12. The largest absolute Gasteiger partial charge is 0.335 e. The van der Waals surface area contributed by atoms with Gasteiger partial charge in [0.25, 0.3) is 5.91 Å². The lowest BCUT2D eigenvalue weighted by Gasteiger charge is -2.25. The minimum absolute atomic E-state index is 0.157. The first kappa shape index (κ1) is 16.8. The first-order valence-electron chi connectivity index (χ1n) is 7.64. The smallest absolute Gasteiger partial charge is 0.257 e. The number of benzene rings is 2. The molecule has 0 aliphatic carbocycles. The van der Waals surface area contributed by atoms with Crippen molar-refractivity contribution in [3.8, 4) is 5.69 Å². The van der Waals surface area contributed by atoms with Crippen LogP contribution in [0.25, 0.3) is 5.69 Å². The van der Waals surface area contributed by atoms with Crippen LogP contribution in [0.3, 0.4) is 0 Å². The Morgan fingerprint density at radius 3 is 2.48 bits per heavy atom. The van der Waals surface area contributed by atoms with E-state index in [9.17, 15) is 13.6 Å². The zero-order valence-corrected chi connectivity index (χ0v) is 13.7. The lowest BCUT2D eigenvalue weighted by molar-refractivity contribution is 0.0738. The number of carbonyl (C=O) groups is 1. The predicted octanol–water partition coefficient (Wildman–Crippen LogP) is 3.38. The van der Waals surface area contributed by atoms with Gasteiger partial charge in [0.2, 0.25) is 0 Å². The van der Waals surface area contributed by atoms with Crippen LogP contribution in [0.2, 0.25) is 0 Å². The highest BCUT2D eigenvalue weighted by atomic mass is 19.1. The molecule has 25 heavy (non-hydrogen) atoms. The molecule has 0 unspecified atom stereocenters. The van der Waals surface area contributed by atoms with Gasteiger partial charge in [-0.05, 0) is 36.8 Å². The molecule has 1 aromatic heterocycles. The van der Waals surface area contributed by atoms with Gasteiger partial charge in [0, 0.05) is 13.1 Å². The number of hydrogen-bond acceptors (Lipinski definition) is 3. The molecule has 7 heteroatoms. The Hall–Kier alpha value is -3.09. The first-order chi connectivity index (χ1) is 12.0. The fourth-order valence-corrected chi connectivity index (χ4v) is 2.50. The Kier molecular flexibility index (Phi) is 4.56. The summed E-state index contributed by atoms with van der Waals surface area (Å²) < 4.78 is 28.5. The third-order valence-corrected chi connectivity index (χ3v) is 4.12. The minimum Gasteiger partial charge on any atom is -0.335 e. The van der Waals surface area contributed by atoms with Crippen molar-refractivity contribution in [1.29, 1.82) is 0 Å². The third kappa shape index (κ3) is 3.40. The summed E-state index contributed by atoms with van der Waals surface area (Å²) in [4.78, 5) is 17.8. The van der Waals surface area contributed by atoms with Crippen LogP contribution in [-0.2, 0) is 0 Å². The summed E-state index contributed by atoms with van der Waals surface area (Å²) in [5.74, 6) is -2.09. The van der Waals surface area contributed by atoms with Crippen LogP contribution < -0.4 is 0 Å². The second kappa shape index (κ2) is 6.80. The molecule has 0 aliphatic rings. The SMILES string of the molecule is C[C@@H](c1ccc(-n2cncn2)cc1)N(C)C(=O)c1ccc(F)cc1F. The van der Waals surface area contributed by atoms with E-state index in [2.05, 4.69) is 10.1 Å². The Morgan fingerprint density at radius 2 is 1.88 bits per heavy atom. The van der Waals surface area contributed by atoms with Gasteiger partial charge in [-0.3, -0.25) is 4.79 Å². The molecule has 0 fully saturated rings. The van der Waals surface area contributed by atoms with Crippen LogP contribution in [-0.4, -0.2) is 32.6 Å². The molecule has 0 radical (unpaired) electrons. The van der Waals surface area contributed by atoms with Gasteiger partial charge >= 0.3 is 0 Å². The molecule has 128 valence electrons. The highest BCUT2D eigenvalue weighted by molar-refractivity contribution is 5.94. The molecule has 3 rings (SSSR count). The molecule has 0 saturated heterocycles. The van der Waals surface area contributed by atoms with Crippen molar-refractivity contribution in [2.75, 3.05) is 7.05 Å². The zero-order valence-electron chi connectivity index (χ0n) is 13.7. The van der Waals surface area contributed by atoms with E-state index in [1.807, 2.05) is 31.2 Å². The van der Waals surface area contributed by atoms with Gasteiger partial charge < -0.3 is 4.90 Å². The van der Waals surface area contributed by atoms with Crippen molar-refractivity contribution in [2.45, 2.75) is 13.0 Å². The topological polar surface area (TPSA) is 51.0 Å². The molecule has 0 saturated carbocycles. The Morgan fingerprint density at radius 1 is 1.16 bits per heavy atom. The fourth-order valence-electron chi connectivity index (χ4n) is 2.50. The van der Waals surface area contributed by atoms with Gasteiger partial charge in [-0.25, -0.2) is 18.4 Å². The van der Waals surface area contributed by atoms with Crippen molar-refractivity contribution in [2.24, 2.45) is 0 Å². The van der Waals surface area contributed by atoms with E-state index in [4.69, 9.17) is 0 Å². The molecule has 0 aliphatic heterocycles. The summed E-state index contributed by atoms with van der Waals surface area (Å²) in [7, 11) is 1.58. The van der Waals surface area contributed by atoms with Crippen molar-refractivity contribution in [3.63, 3.8) is 0 Å². The van der Waals surface area contributed by atoms with Crippen LogP contribution in [0.4, 0.5) is 8.78 Å². The van der Waals surface area contributed by atoms with Crippen molar-refractivity contribution < 1.29 is 13.6 Å².